The first kappa shape index (κ1) is 23.1. The number of ether oxygens (including phenoxy) is 2. The number of halogens is 1. The maximum absolute atomic E-state index is 13.2. The summed E-state index contributed by atoms with van der Waals surface area (Å²) < 4.78 is 31.0. The smallest absolute Gasteiger partial charge is 0.309 e. The minimum atomic E-state index is -1.13. The van der Waals surface area contributed by atoms with Crippen LogP contribution in [0.1, 0.15) is 54.4 Å². The zero-order valence-corrected chi connectivity index (χ0v) is 19.2. The maximum Gasteiger partial charge on any atom is 0.309 e. The summed E-state index contributed by atoms with van der Waals surface area (Å²) in [7, 11) is 1.52. The van der Waals surface area contributed by atoms with Crippen molar-refractivity contribution in [1.29, 1.82) is 0 Å². The molecule has 1 aliphatic heterocycles. The van der Waals surface area contributed by atoms with Crippen LogP contribution in [0.2, 0.25) is 0 Å². The predicted molar refractivity (Wildman–Crippen MR) is 117 cm³/mol. The summed E-state index contributed by atoms with van der Waals surface area (Å²) in [6.07, 6.45) is -0.770. The lowest BCUT2D eigenvalue weighted by molar-refractivity contribution is -0.00176. The summed E-state index contributed by atoms with van der Waals surface area (Å²) in [5.41, 5.74) is -0.757. The van der Waals surface area contributed by atoms with Gasteiger partial charge in [-0.2, -0.15) is 0 Å². The highest BCUT2D eigenvalue weighted by atomic mass is 19.1. The molecular weight excluding hydrogens is 447 g/mol. The van der Waals surface area contributed by atoms with Gasteiger partial charge < -0.3 is 19.2 Å². The number of nitrogens with one attached hydrogen (secondary N) is 1. The molecule has 178 valence electrons. The molecule has 1 atom stereocenters. The number of aryl methyl sites for hydroxylation is 1. The average molecular weight is 470 g/mol. The zero-order chi connectivity index (χ0) is 24.6. The van der Waals surface area contributed by atoms with E-state index in [1.54, 1.807) is 39.8 Å². The highest BCUT2D eigenvalue weighted by Crippen LogP contribution is 2.26. The van der Waals surface area contributed by atoms with E-state index in [0.29, 0.717) is 0 Å². The zero-order valence-electron chi connectivity index (χ0n) is 19.2. The fraction of sp³-hybridized carbons (Fsp3) is 0.364. The molecule has 0 bridgehead atoms. The second-order valence-corrected chi connectivity index (χ2v) is 8.23. The number of nitrogens with zero attached hydrogens (tertiary/aromatic N) is 5. The van der Waals surface area contributed by atoms with Crippen LogP contribution in [-0.2, 0) is 23.9 Å². The third-order valence-corrected chi connectivity index (χ3v) is 5.04. The monoisotopic (exact) mass is 470 g/mol. The van der Waals surface area contributed by atoms with Crippen molar-refractivity contribution in [3.05, 3.63) is 69.3 Å². The van der Waals surface area contributed by atoms with Crippen LogP contribution in [0.4, 0.5) is 4.39 Å². The number of aliphatic imine (C=N–C) groups is 1. The Morgan fingerprint density at radius 3 is 2.59 bits per heavy atom. The fourth-order valence-corrected chi connectivity index (χ4v) is 3.44. The molecule has 1 N–H and O–H groups in total. The van der Waals surface area contributed by atoms with E-state index in [1.165, 1.54) is 23.7 Å². The van der Waals surface area contributed by atoms with Gasteiger partial charge in [0.05, 0.1) is 12.1 Å². The molecule has 3 heterocycles. The van der Waals surface area contributed by atoms with Crippen LogP contribution in [0, 0.1) is 12.7 Å². The molecule has 0 saturated carbocycles. The van der Waals surface area contributed by atoms with Crippen molar-refractivity contribution in [2.24, 2.45) is 12.0 Å². The first-order chi connectivity index (χ1) is 16.0. The first-order valence-electron chi connectivity index (χ1n) is 10.4. The number of aromatic nitrogens is 4. The molecular formula is C22H23FN6O5. The number of benzene rings is 1. The molecule has 0 spiro atoms. The van der Waals surface area contributed by atoms with Gasteiger partial charge in [0.15, 0.2) is 5.69 Å². The van der Waals surface area contributed by atoms with Crippen molar-refractivity contribution in [3.8, 4) is 5.75 Å². The predicted octanol–water partition coefficient (Wildman–Crippen LogP) is 1.98. The SMILES string of the molecule is Cc1nnc(C(=O)NC(C)(C)c2nc3c(c(=O)n2C)O[C@@H](C)OC3=NCc2ccc(F)cc2)o1. The lowest BCUT2D eigenvalue weighted by Gasteiger charge is -2.30. The van der Waals surface area contributed by atoms with E-state index >= 15 is 0 Å². The summed E-state index contributed by atoms with van der Waals surface area (Å²) in [5.74, 6) is -0.638. The fourth-order valence-electron chi connectivity index (χ4n) is 3.44. The number of fused-ring (bicyclic) bond motifs is 1. The Morgan fingerprint density at radius 1 is 1.24 bits per heavy atom. The maximum atomic E-state index is 13.2. The second-order valence-electron chi connectivity index (χ2n) is 8.23. The van der Waals surface area contributed by atoms with E-state index in [0.717, 1.165) is 5.56 Å². The Morgan fingerprint density at radius 2 is 1.94 bits per heavy atom. The number of hydrogen-bond acceptors (Lipinski definition) is 9. The van der Waals surface area contributed by atoms with E-state index in [-0.39, 0.29) is 47.3 Å². The van der Waals surface area contributed by atoms with Crippen LogP contribution >= 0.6 is 0 Å². The number of carbonyl (C=O) groups is 1. The normalized spacial score (nSPS) is 16.5. The van der Waals surface area contributed by atoms with Crippen molar-refractivity contribution in [2.75, 3.05) is 0 Å². The molecule has 0 fully saturated rings. The molecule has 12 heteroatoms. The van der Waals surface area contributed by atoms with E-state index in [9.17, 15) is 14.0 Å². The summed E-state index contributed by atoms with van der Waals surface area (Å²) in [4.78, 5) is 34.8. The topological polar surface area (TPSA) is 134 Å². The average Bonchev–Trinajstić information content (AvgIpc) is 3.22. The number of amides is 1. The highest BCUT2D eigenvalue weighted by Gasteiger charge is 2.35. The Bertz CT molecular complexity index is 1330. The van der Waals surface area contributed by atoms with Gasteiger partial charge >= 0.3 is 11.8 Å². The van der Waals surface area contributed by atoms with Crippen LogP contribution in [0.25, 0.3) is 0 Å². The van der Waals surface area contributed by atoms with Gasteiger partial charge in [-0.05, 0) is 31.5 Å². The lowest BCUT2D eigenvalue weighted by atomic mass is 10.0. The molecule has 1 aromatic carbocycles. The van der Waals surface area contributed by atoms with E-state index in [1.807, 2.05) is 0 Å². The summed E-state index contributed by atoms with van der Waals surface area (Å²) >= 11 is 0. The molecule has 1 amide bonds. The van der Waals surface area contributed by atoms with Gasteiger partial charge in [-0.15, -0.1) is 10.2 Å². The van der Waals surface area contributed by atoms with Gasteiger partial charge in [-0.1, -0.05) is 12.1 Å². The molecule has 3 aromatic rings. The highest BCUT2D eigenvalue weighted by molar-refractivity contribution is 5.95. The first-order valence-corrected chi connectivity index (χ1v) is 10.4. The molecule has 0 saturated heterocycles. The summed E-state index contributed by atoms with van der Waals surface area (Å²) in [6.45, 7) is 6.71. The third kappa shape index (κ3) is 4.51. The Labute approximate surface area is 193 Å². The van der Waals surface area contributed by atoms with Crippen LogP contribution in [0.15, 0.2) is 38.5 Å². The van der Waals surface area contributed by atoms with Crippen molar-refractivity contribution < 1.29 is 23.1 Å². The Balaban J connectivity index is 1.72. The van der Waals surface area contributed by atoms with Crippen LogP contribution in [0.5, 0.6) is 5.75 Å². The van der Waals surface area contributed by atoms with Gasteiger partial charge in [-0.25, -0.2) is 14.4 Å². The van der Waals surface area contributed by atoms with E-state index < -0.39 is 23.3 Å². The van der Waals surface area contributed by atoms with Crippen molar-refractivity contribution in [3.63, 3.8) is 0 Å². The number of rotatable bonds is 5. The van der Waals surface area contributed by atoms with Crippen molar-refractivity contribution in [1.82, 2.24) is 25.1 Å². The number of hydrogen-bond donors (Lipinski definition) is 1. The van der Waals surface area contributed by atoms with Gasteiger partial charge in [0.2, 0.25) is 23.8 Å². The van der Waals surface area contributed by atoms with Gasteiger partial charge in [0.25, 0.3) is 5.56 Å². The van der Waals surface area contributed by atoms with Crippen LogP contribution in [0.3, 0.4) is 0 Å². The number of carbonyl (C=O) groups excluding carboxylic acids is 1. The Hall–Kier alpha value is -4.09. The van der Waals surface area contributed by atoms with Gasteiger partial charge in [0, 0.05) is 20.9 Å². The standard InChI is InChI=1S/C22H23FN6O5/c1-11-27-28-19(32-11)17(30)26-22(3,4)21-25-15-16(20(31)29(21)5)33-12(2)34-18(15)24-10-13-6-8-14(23)9-7-13/h6-9,12H,10H2,1-5H3,(H,26,30)/t12-/m1/s1. The van der Waals surface area contributed by atoms with Crippen LogP contribution in [-0.4, -0.2) is 37.8 Å². The molecule has 4 rings (SSSR count). The summed E-state index contributed by atoms with van der Waals surface area (Å²) in [6, 6.07) is 5.87. The van der Waals surface area contributed by atoms with Gasteiger partial charge in [0.1, 0.15) is 11.6 Å². The van der Waals surface area contributed by atoms with Gasteiger partial charge in [-0.3, -0.25) is 14.2 Å². The molecule has 0 aliphatic carbocycles. The molecule has 0 radical (unpaired) electrons. The summed E-state index contributed by atoms with van der Waals surface area (Å²) in [5, 5.41) is 10.1. The van der Waals surface area contributed by atoms with Crippen molar-refractivity contribution >= 4 is 11.8 Å². The Kier molecular flexibility index (Phi) is 5.90. The lowest BCUT2D eigenvalue weighted by Crippen LogP contribution is -2.47. The minimum Gasteiger partial charge on any atom is -0.447 e. The molecule has 0 unspecified atom stereocenters. The molecule has 2 aromatic heterocycles. The third-order valence-electron chi connectivity index (χ3n) is 5.04. The van der Waals surface area contributed by atoms with E-state index in [4.69, 9.17) is 13.9 Å². The molecule has 11 nitrogen and oxygen atoms in total. The molecule has 1 aliphatic rings. The van der Waals surface area contributed by atoms with E-state index in [2.05, 4.69) is 25.5 Å². The minimum absolute atomic E-state index is 0.0162. The van der Waals surface area contributed by atoms with Crippen LogP contribution < -0.4 is 15.6 Å². The molecule has 34 heavy (non-hydrogen) atoms. The van der Waals surface area contributed by atoms with Crippen molar-refractivity contribution in [2.45, 2.75) is 46.1 Å². The quantitative estimate of drug-likeness (QED) is 0.598. The second kappa shape index (κ2) is 8.69. The largest absolute Gasteiger partial charge is 0.447 e.